The Hall–Kier alpha value is 0.0938. The molecule has 0 spiro atoms. The van der Waals surface area contributed by atoms with Gasteiger partial charge in [-0.25, -0.2) is 0 Å². The molecule has 1 aromatic heterocycles. The molecule has 0 saturated heterocycles. The fraction of sp³-hybridized carbons (Fsp3) is 0.636. The predicted octanol–water partition coefficient (Wildman–Crippen LogP) is 3.63. The summed E-state index contributed by atoms with van der Waals surface area (Å²) in [5, 5.41) is 0. The van der Waals surface area contributed by atoms with Crippen molar-refractivity contribution in [1.82, 2.24) is 0 Å². The summed E-state index contributed by atoms with van der Waals surface area (Å²) in [4.78, 5) is 1.40. The molecule has 0 radical (unpaired) electrons. The molecule has 0 aliphatic heterocycles. The van der Waals surface area contributed by atoms with Crippen molar-refractivity contribution in [1.29, 1.82) is 0 Å². The molecule has 0 saturated carbocycles. The highest BCUT2D eigenvalue weighted by molar-refractivity contribution is 7.26. The monoisotopic (exact) mass is 258 g/mol. The fourth-order valence-corrected chi connectivity index (χ4v) is 12.2. The smallest absolute Gasteiger partial charge is 0.216 e. The number of thiophene rings is 1. The molecular formula is C11H22OSSi2. The third-order valence-electron chi connectivity index (χ3n) is 2.15. The van der Waals surface area contributed by atoms with Crippen LogP contribution in [0.4, 0.5) is 0 Å². The normalized spacial score (nSPS) is 13.3. The van der Waals surface area contributed by atoms with Crippen LogP contribution in [0, 0.1) is 13.8 Å². The molecule has 1 heterocycles. The molecule has 0 atom stereocenters. The van der Waals surface area contributed by atoms with Gasteiger partial charge in [-0.2, -0.15) is 0 Å². The van der Waals surface area contributed by atoms with Crippen molar-refractivity contribution in [3.63, 3.8) is 0 Å². The largest absolute Gasteiger partial charge is 0.452 e. The van der Waals surface area contributed by atoms with E-state index >= 15 is 0 Å². The average Bonchev–Trinajstić information content (AvgIpc) is 2.24. The average molecular weight is 259 g/mol. The first-order valence-corrected chi connectivity index (χ1v) is 12.5. The maximum Gasteiger partial charge on any atom is 0.216 e. The molecule has 0 amide bonds. The summed E-state index contributed by atoms with van der Waals surface area (Å²) < 4.78 is 7.91. The molecular weight excluding hydrogens is 236 g/mol. The van der Waals surface area contributed by atoms with Crippen LogP contribution < -0.4 is 4.50 Å². The lowest BCUT2D eigenvalue weighted by Gasteiger charge is -2.31. The van der Waals surface area contributed by atoms with E-state index < -0.39 is 16.6 Å². The second-order valence-electron chi connectivity index (χ2n) is 5.59. The van der Waals surface area contributed by atoms with Crippen molar-refractivity contribution < 1.29 is 4.12 Å². The van der Waals surface area contributed by atoms with Crippen molar-refractivity contribution in [2.45, 2.75) is 46.6 Å². The highest BCUT2D eigenvalue weighted by atomic mass is 32.1. The lowest BCUT2D eigenvalue weighted by atomic mass is 10.3. The van der Waals surface area contributed by atoms with Crippen LogP contribution in [0.1, 0.15) is 10.4 Å². The van der Waals surface area contributed by atoms with Crippen LogP contribution in [0.2, 0.25) is 32.7 Å². The molecule has 0 aliphatic rings. The summed E-state index contributed by atoms with van der Waals surface area (Å²) in [5.41, 5.74) is 1.42. The lowest BCUT2D eigenvalue weighted by molar-refractivity contribution is 0.567. The summed E-state index contributed by atoms with van der Waals surface area (Å²) in [6, 6.07) is 2.28. The molecule has 86 valence electrons. The van der Waals surface area contributed by atoms with Gasteiger partial charge in [-0.3, -0.25) is 0 Å². The van der Waals surface area contributed by atoms with Crippen LogP contribution in [0.15, 0.2) is 6.07 Å². The second-order valence-corrected chi connectivity index (χ2v) is 15.8. The van der Waals surface area contributed by atoms with E-state index in [2.05, 4.69) is 52.6 Å². The zero-order chi connectivity index (χ0) is 11.9. The van der Waals surface area contributed by atoms with Gasteiger partial charge in [0.05, 0.1) is 0 Å². The second kappa shape index (κ2) is 4.16. The van der Waals surface area contributed by atoms with E-state index in [0.29, 0.717) is 0 Å². The van der Waals surface area contributed by atoms with Gasteiger partial charge in [-0.15, -0.1) is 11.3 Å². The zero-order valence-electron chi connectivity index (χ0n) is 10.9. The van der Waals surface area contributed by atoms with E-state index in [4.69, 9.17) is 4.12 Å². The number of rotatable bonds is 3. The summed E-state index contributed by atoms with van der Waals surface area (Å²) in [7, 11) is -3.08. The maximum atomic E-state index is 6.39. The number of aryl methyl sites for hydroxylation is 2. The molecule has 0 unspecified atom stereocenters. The van der Waals surface area contributed by atoms with Crippen LogP contribution in [0.5, 0.6) is 0 Å². The summed E-state index contributed by atoms with van der Waals surface area (Å²) >= 11 is 1.92. The van der Waals surface area contributed by atoms with Gasteiger partial charge in [0.2, 0.25) is 8.32 Å². The van der Waals surface area contributed by atoms with E-state index in [9.17, 15) is 0 Å². The molecule has 0 aliphatic carbocycles. The van der Waals surface area contributed by atoms with Crippen LogP contribution >= 0.6 is 11.3 Å². The summed E-state index contributed by atoms with van der Waals surface area (Å²) in [5.74, 6) is 0. The van der Waals surface area contributed by atoms with E-state index in [0.717, 1.165) is 0 Å². The molecule has 1 aromatic rings. The Balaban J connectivity index is 3.00. The quantitative estimate of drug-likeness (QED) is 0.752. The molecule has 0 N–H and O–H groups in total. The topological polar surface area (TPSA) is 9.23 Å². The molecule has 0 fully saturated rings. The fourth-order valence-electron chi connectivity index (χ4n) is 2.05. The predicted molar refractivity (Wildman–Crippen MR) is 75.3 cm³/mol. The van der Waals surface area contributed by atoms with Gasteiger partial charge in [0.25, 0.3) is 0 Å². The molecule has 1 nitrogen and oxygen atoms in total. The van der Waals surface area contributed by atoms with Gasteiger partial charge in [0.1, 0.15) is 0 Å². The third kappa shape index (κ3) is 3.55. The Morgan fingerprint density at radius 1 is 1.07 bits per heavy atom. The van der Waals surface area contributed by atoms with Crippen molar-refractivity contribution in [3.8, 4) is 0 Å². The van der Waals surface area contributed by atoms with Gasteiger partial charge >= 0.3 is 0 Å². The SMILES string of the molecule is Cc1cc(C)c([Si](C)(C)O[Si](C)(C)C)s1. The van der Waals surface area contributed by atoms with Gasteiger partial charge in [-0.05, 0) is 58.2 Å². The number of hydrogen-bond acceptors (Lipinski definition) is 2. The minimum absolute atomic E-state index is 1.40. The highest BCUT2D eigenvalue weighted by Crippen LogP contribution is 2.20. The zero-order valence-corrected chi connectivity index (χ0v) is 13.7. The van der Waals surface area contributed by atoms with E-state index in [-0.39, 0.29) is 0 Å². The first-order valence-electron chi connectivity index (χ1n) is 5.39. The molecule has 0 bridgehead atoms. The Morgan fingerprint density at radius 2 is 1.60 bits per heavy atom. The minimum atomic E-state index is -1.66. The van der Waals surface area contributed by atoms with Crippen LogP contribution in [0.25, 0.3) is 0 Å². The highest BCUT2D eigenvalue weighted by Gasteiger charge is 2.33. The van der Waals surface area contributed by atoms with E-state index in [1.165, 1.54) is 14.9 Å². The Morgan fingerprint density at radius 3 is 1.93 bits per heavy atom. The molecule has 4 heteroatoms. The first-order chi connectivity index (χ1) is 6.62. The van der Waals surface area contributed by atoms with Gasteiger partial charge in [0, 0.05) is 9.38 Å². The number of hydrogen-bond donors (Lipinski definition) is 0. The molecule has 0 aromatic carbocycles. The molecule has 1 rings (SSSR count). The minimum Gasteiger partial charge on any atom is -0.452 e. The van der Waals surface area contributed by atoms with Crippen molar-refractivity contribution in [2.75, 3.05) is 0 Å². The Kier molecular flexibility index (Phi) is 3.65. The van der Waals surface area contributed by atoms with Crippen LogP contribution in [-0.2, 0) is 4.12 Å². The van der Waals surface area contributed by atoms with Crippen LogP contribution in [0.3, 0.4) is 0 Å². The van der Waals surface area contributed by atoms with Gasteiger partial charge in [0.15, 0.2) is 8.32 Å². The summed E-state index contributed by atoms with van der Waals surface area (Å²) in [6.45, 7) is 15.9. The van der Waals surface area contributed by atoms with E-state index in [1.54, 1.807) is 0 Å². The first kappa shape index (κ1) is 13.2. The Bertz CT molecular complexity index is 350. The molecule has 15 heavy (non-hydrogen) atoms. The van der Waals surface area contributed by atoms with Gasteiger partial charge in [-0.1, -0.05) is 0 Å². The van der Waals surface area contributed by atoms with Crippen LogP contribution in [-0.4, -0.2) is 16.6 Å². The van der Waals surface area contributed by atoms with Crippen molar-refractivity contribution in [3.05, 3.63) is 16.5 Å². The van der Waals surface area contributed by atoms with Crippen molar-refractivity contribution >= 4 is 32.5 Å². The van der Waals surface area contributed by atoms with Gasteiger partial charge < -0.3 is 4.12 Å². The third-order valence-corrected chi connectivity index (χ3v) is 10.9. The maximum absolute atomic E-state index is 6.39. The standard InChI is InChI=1S/C11H22OSSi2/c1-9-8-10(2)13-11(9)15(6,7)12-14(3,4)5/h8H,1-7H3. The van der Waals surface area contributed by atoms with E-state index in [1.807, 2.05) is 11.3 Å². The lowest BCUT2D eigenvalue weighted by Crippen LogP contribution is -2.51. The Labute approximate surface area is 99.7 Å². The van der Waals surface area contributed by atoms with Crippen molar-refractivity contribution in [2.24, 2.45) is 0 Å². The summed E-state index contributed by atoms with van der Waals surface area (Å²) in [6.07, 6.45) is 0.